The minimum Gasteiger partial charge on any atom is -0.482 e. The summed E-state index contributed by atoms with van der Waals surface area (Å²) >= 11 is 3.38. The summed E-state index contributed by atoms with van der Waals surface area (Å²) in [6.45, 7) is 2.95. The van der Waals surface area contributed by atoms with Gasteiger partial charge in [0.2, 0.25) is 0 Å². The molecule has 1 amide bonds. The molecule has 0 fully saturated rings. The number of halogens is 1. The van der Waals surface area contributed by atoms with Crippen molar-refractivity contribution in [1.82, 2.24) is 0 Å². The molecule has 0 N–H and O–H groups in total. The summed E-state index contributed by atoms with van der Waals surface area (Å²) in [5.41, 5.74) is 0.872. The number of benzene rings is 1. The van der Waals surface area contributed by atoms with Gasteiger partial charge in [-0.05, 0) is 24.6 Å². The number of carbonyl (C=O) groups excluding carboxylic acids is 1. The van der Waals surface area contributed by atoms with Crippen LogP contribution in [0.1, 0.15) is 13.3 Å². The van der Waals surface area contributed by atoms with Crippen molar-refractivity contribution in [3.05, 3.63) is 22.7 Å². The summed E-state index contributed by atoms with van der Waals surface area (Å²) in [6.07, 6.45) is 0.946. The SMILES string of the molecule is CCCN1C(=O)COc2cc(Br)ccc21. The highest BCUT2D eigenvalue weighted by molar-refractivity contribution is 9.10. The Balaban J connectivity index is 2.39. The fraction of sp³-hybridized carbons (Fsp3) is 0.364. The molecule has 80 valence electrons. The summed E-state index contributed by atoms with van der Waals surface area (Å²) < 4.78 is 6.34. The second-order valence-electron chi connectivity index (χ2n) is 3.45. The Bertz CT molecular complexity index is 392. The average molecular weight is 270 g/mol. The molecule has 2 rings (SSSR count). The van der Waals surface area contributed by atoms with E-state index in [1.165, 1.54) is 0 Å². The van der Waals surface area contributed by atoms with Crippen LogP contribution in [0.25, 0.3) is 0 Å². The van der Waals surface area contributed by atoms with Gasteiger partial charge in [-0.2, -0.15) is 0 Å². The van der Waals surface area contributed by atoms with Crippen molar-refractivity contribution < 1.29 is 9.53 Å². The molecule has 0 spiro atoms. The Hall–Kier alpha value is -1.03. The first-order valence-electron chi connectivity index (χ1n) is 4.95. The summed E-state index contributed by atoms with van der Waals surface area (Å²) in [6, 6.07) is 5.72. The van der Waals surface area contributed by atoms with Crippen LogP contribution < -0.4 is 9.64 Å². The van der Waals surface area contributed by atoms with Crippen molar-refractivity contribution in [1.29, 1.82) is 0 Å². The fourth-order valence-electron chi connectivity index (χ4n) is 1.65. The minimum atomic E-state index is 0.0340. The lowest BCUT2D eigenvalue weighted by Crippen LogP contribution is -2.39. The summed E-state index contributed by atoms with van der Waals surface area (Å²) in [5, 5.41) is 0. The molecule has 15 heavy (non-hydrogen) atoms. The molecule has 1 aromatic carbocycles. The van der Waals surface area contributed by atoms with Crippen LogP contribution >= 0.6 is 15.9 Å². The molecular weight excluding hydrogens is 258 g/mol. The van der Waals surface area contributed by atoms with Crippen molar-refractivity contribution in [3.63, 3.8) is 0 Å². The summed E-state index contributed by atoms with van der Waals surface area (Å²) in [7, 11) is 0. The van der Waals surface area contributed by atoms with E-state index >= 15 is 0 Å². The number of hydrogen-bond acceptors (Lipinski definition) is 2. The van der Waals surface area contributed by atoms with Gasteiger partial charge >= 0.3 is 0 Å². The van der Waals surface area contributed by atoms with E-state index in [9.17, 15) is 4.79 Å². The first kappa shape index (κ1) is 10.5. The topological polar surface area (TPSA) is 29.5 Å². The molecule has 0 unspecified atom stereocenters. The van der Waals surface area contributed by atoms with Crippen molar-refractivity contribution in [2.45, 2.75) is 13.3 Å². The molecule has 1 aliphatic heterocycles. The molecule has 0 aliphatic carbocycles. The van der Waals surface area contributed by atoms with Crippen LogP contribution in [0.15, 0.2) is 22.7 Å². The number of ether oxygens (including phenoxy) is 1. The van der Waals surface area contributed by atoms with Gasteiger partial charge in [0.05, 0.1) is 5.69 Å². The van der Waals surface area contributed by atoms with Crippen LogP contribution in [0.2, 0.25) is 0 Å². The lowest BCUT2D eigenvalue weighted by Gasteiger charge is -2.29. The van der Waals surface area contributed by atoms with Crippen LogP contribution in [0.4, 0.5) is 5.69 Å². The molecule has 1 aromatic rings. The van der Waals surface area contributed by atoms with E-state index in [0.717, 1.165) is 28.9 Å². The van der Waals surface area contributed by atoms with Crippen LogP contribution in [0, 0.1) is 0 Å². The maximum absolute atomic E-state index is 11.6. The Morgan fingerprint density at radius 1 is 1.53 bits per heavy atom. The number of nitrogens with zero attached hydrogens (tertiary/aromatic N) is 1. The van der Waals surface area contributed by atoms with Gasteiger partial charge in [-0.25, -0.2) is 0 Å². The second-order valence-corrected chi connectivity index (χ2v) is 4.36. The zero-order chi connectivity index (χ0) is 10.8. The molecule has 1 aliphatic rings. The summed E-state index contributed by atoms with van der Waals surface area (Å²) in [5.74, 6) is 0.809. The van der Waals surface area contributed by atoms with Gasteiger partial charge in [-0.15, -0.1) is 0 Å². The Morgan fingerprint density at radius 3 is 3.07 bits per heavy atom. The number of fused-ring (bicyclic) bond motifs is 1. The van der Waals surface area contributed by atoms with Crippen LogP contribution in [-0.4, -0.2) is 19.1 Å². The maximum Gasteiger partial charge on any atom is 0.265 e. The van der Waals surface area contributed by atoms with E-state index in [0.29, 0.717) is 0 Å². The van der Waals surface area contributed by atoms with E-state index in [4.69, 9.17) is 4.74 Å². The van der Waals surface area contributed by atoms with Gasteiger partial charge in [0.1, 0.15) is 5.75 Å². The normalized spacial score (nSPS) is 14.8. The minimum absolute atomic E-state index is 0.0340. The van der Waals surface area contributed by atoms with Gasteiger partial charge in [-0.3, -0.25) is 4.79 Å². The van der Waals surface area contributed by atoms with Crippen molar-refractivity contribution in [2.24, 2.45) is 0 Å². The monoisotopic (exact) mass is 269 g/mol. The number of amides is 1. The first-order valence-corrected chi connectivity index (χ1v) is 5.74. The van der Waals surface area contributed by atoms with Gasteiger partial charge in [0.15, 0.2) is 6.61 Å². The third kappa shape index (κ3) is 2.00. The van der Waals surface area contributed by atoms with Crippen molar-refractivity contribution in [3.8, 4) is 5.75 Å². The van der Waals surface area contributed by atoms with E-state index in [1.54, 1.807) is 4.90 Å². The molecule has 0 radical (unpaired) electrons. The van der Waals surface area contributed by atoms with Crippen molar-refractivity contribution in [2.75, 3.05) is 18.1 Å². The van der Waals surface area contributed by atoms with E-state index < -0.39 is 0 Å². The van der Waals surface area contributed by atoms with E-state index in [2.05, 4.69) is 22.9 Å². The largest absolute Gasteiger partial charge is 0.482 e. The average Bonchev–Trinajstić information content (AvgIpc) is 2.22. The van der Waals surface area contributed by atoms with Gasteiger partial charge < -0.3 is 9.64 Å². The molecule has 0 saturated heterocycles. The lowest BCUT2D eigenvalue weighted by molar-refractivity contribution is -0.121. The number of hydrogen-bond donors (Lipinski definition) is 0. The molecule has 0 aromatic heterocycles. The van der Waals surface area contributed by atoms with Crippen molar-refractivity contribution >= 4 is 27.5 Å². The Kier molecular flexibility index (Phi) is 2.95. The molecular formula is C11H12BrNO2. The third-order valence-electron chi connectivity index (χ3n) is 2.31. The second kappa shape index (κ2) is 4.23. The van der Waals surface area contributed by atoms with Crippen LogP contribution in [0.5, 0.6) is 5.75 Å². The van der Waals surface area contributed by atoms with E-state index in [-0.39, 0.29) is 12.5 Å². The van der Waals surface area contributed by atoms with Gasteiger partial charge in [0.25, 0.3) is 5.91 Å². The zero-order valence-electron chi connectivity index (χ0n) is 8.50. The highest BCUT2D eigenvalue weighted by Gasteiger charge is 2.24. The van der Waals surface area contributed by atoms with Crippen LogP contribution in [-0.2, 0) is 4.79 Å². The number of carbonyl (C=O) groups is 1. The molecule has 0 bridgehead atoms. The van der Waals surface area contributed by atoms with Crippen LogP contribution in [0.3, 0.4) is 0 Å². The van der Waals surface area contributed by atoms with Gasteiger partial charge in [-0.1, -0.05) is 22.9 Å². The predicted molar refractivity (Wildman–Crippen MR) is 62.3 cm³/mol. The number of rotatable bonds is 2. The molecule has 3 nitrogen and oxygen atoms in total. The third-order valence-corrected chi connectivity index (χ3v) is 2.81. The standard InChI is InChI=1S/C11H12BrNO2/c1-2-5-13-9-4-3-8(12)6-10(9)15-7-11(13)14/h3-4,6H,2,5,7H2,1H3. The smallest absolute Gasteiger partial charge is 0.265 e. The number of anilines is 1. The molecule has 4 heteroatoms. The lowest BCUT2D eigenvalue weighted by atomic mass is 10.2. The molecule has 0 saturated carbocycles. The fourth-order valence-corrected chi connectivity index (χ4v) is 1.99. The highest BCUT2D eigenvalue weighted by Crippen LogP contribution is 2.34. The quantitative estimate of drug-likeness (QED) is 0.826. The predicted octanol–water partition coefficient (Wildman–Crippen LogP) is 2.58. The van der Waals surface area contributed by atoms with E-state index in [1.807, 2.05) is 18.2 Å². The maximum atomic E-state index is 11.6. The first-order chi connectivity index (χ1) is 7.22. The molecule has 0 atom stereocenters. The Morgan fingerprint density at radius 2 is 2.33 bits per heavy atom. The highest BCUT2D eigenvalue weighted by atomic mass is 79.9. The summed E-state index contributed by atoms with van der Waals surface area (Å²) in [4.78, 5) is 13.4. The Labute approximate surface area is 97.2 Å². The van der Waals surface area contributed by atoms with Gasteiger partial charge in [0, 0.05) is 11.0 Å². The zero-order valence-corrected chi connectivity index (χ0v) is 10.1. The molecule has 1 heterocycles.